The zero-order chi connectivity index (χ0) is 12.0. The van der Waals surface area contributed by atoms with Gasteiger partial charge >= 0.3 is 5.97 Å². The highest BCUT2D eigenvalue weighted by Gasteiger charge is 2.07. The number of benzene rings is 1. The van der Waals surface area contributed by atoms with Crippen LogP contribution in [0, 0.1) is 6.92 Å². The first-order valence-corrected chi connectivity index (χ1v) is 6.05. The maximum atomic E-state index is 11.5. The number of halogens is 1. The lowest BCUT2D eigenvalue weighted by molar-refractivity contribution is 0.0526. The molecule has 0 amide bonds. The van der Waals surface area contributed by atoms with E-state index in [1.54, 1.807) is 6.92 Å². The predicted octanol–water partition coefficient (Wildman–Crippen LogP) is 3.34. The van der Waals surface area contributed by atoms with Gasteiger partial charge in [0.15, 0.2) is 0 Å². The van der Waals surface area contributed by atoms with Crippen LogP contribution in [0.2, 0.25) is 0 Å². The topological polar surface area (TPSA) is 26.3 Å². The minimum Gasteiger partial charge on any atom is -0.462 e. The number of aryl methyl sites for hydroxylation is 2. The average Bonchev–Trinajstić information content (AvgIpc) is 2.27. The van der Waals surface area contributed by atoms with Crippen LogP contribution in [0.1, 0.15) is 34.8 Å². The number of alkyl halides is 1. The van der Waals surface area contributed by atoms with E-state index in [1.165, 1.54) is 5.56 Å². The molecule has 0 atom stereocenters. The Morgan fingerprint density at radius 2 is 2.19 bits per heavy atom. The molecule has 1 aromatic rings. The SMILES string of the molecule is CCOC(=O)c1ccc(CCCCl)c(C)c1. The summed E-state index contributed by atoms with van der Waals surface area (Å²) in [7, 11) is 0. The fourth-order valence-corrected chi connectivity index (χ4v) is 1.71. The van der Waals surface area contributed by atoms with Crippen LogP contribution >= 0.6 is 11.6 Å². The molecule has 0 aliphatic rings. The molecule has 1 aromatic carbocycles. The van der Waals surface area contributed by atoms with Gasteiger partial charge in [-0.15, -0.1) is 11.6 Å². The molecule has 0 aromatic heterocycles. The molecule has 0 heterocycles. The maximum absolute atomic E-state index is 11.5. The van der Waals surface area contributed by atoms with Crippen LogP contribution in [-0.2, 0) is 11.2 Å². The van der Waals surface area contributed by atoms with Crippen molar-refractivity contribution in [1.82, 2.24) is 0 Å². The zero-order valence-electron chi connectivity index (χ0n) is 9.75. The first-order chi connectivity index (χ1) is 7.69. The fraction of sp³-hybridized carbons (Fsp3) is 0.462. The van der Waals surface area contributed by atoms with E-state index in [2.05, 4.69) is 0 Å². The molecule has 0 aliphatic carbocycles. The third kappa shape index (κ3) is 3.53. The number of carbonyl (C=O) groups is 1. The van der Waals surface area contributed by atoms with Gasteiger partial charge in [-0.1, -0.05) is 6.07 Å². The van der Waals surface area contributed by atoms with Gasteiger partial charge in [0.2, 0.25) is 0 Å². The smallest absolute Gasteiger partial charge is 0.338 e. The Hall–Kier alpha value is -1.02. The number of hydrogen-bond donors (Lipinski definition) is 0. The summed E-state index contributed by atoms with van der Waals surface area (Å²) in [6.45, 7) is 4.22. The van der Waals surface area contributed by atoms with E-state index in [0.29, 0.717) is 18.1 Å². The lowest BCUT2D eigenvalue weighted by Gasteiger charge is -2.07. The summed E-state index contributed by atoms with van der Waals surface area (Å²) >= 11 is 5.65. The van der Waals surface area contributed by atoms with Crippen LogP contribution in [0.5, 0.6) is 0 Å². The van der Waals surface area contributed by atoms with Gasteiger partial charge in [0.25, 0.3) is 0 Å². The Kier molecular flexibility index (Phi) is 5.33. The second-order valence-corrected chi connectivity index (χ2v) is 4.03. The summed E-state index contributed by atoms with van der Waals surface area (Å²) in [5, 5.41) is 0. The molecule has 0 N–H and O–H groups in total. The first-order valence-electron chi connectivity index (χ1n) is 5.51. The van der Waals surface area contributed by atoms with Crippen molar-refractivity contribution in [2.24, 2.45) is 0 Å². The Labute approximate surface area is 102 Å². The summed E-state index contributed by atoms with van der Waals surface area (Å²) < 4.78 is 4.94. The van der Waals surface area contributed by atoms with Crippen molar-refractivity contribution in [3.8, 4) is 0 Å². The molecule has 88 valence electrons. The lowest BCUT2D eigenvalue weighted by Crippen LogP contribution is -2.05. The molecule has 0 spiro atoms. The lowest BCUT2D eigenvalue weighted by atomic mass is 10.0. The van der Waals surface area contributed by atoms with Gasteiger partial charge in [-0.25, -0.2) is 4.79 Å². The van der Waals surface area contributed by atoms with E-state index in [9.17, 15) is 4.79 Å². The number of carbonyl (C=O) groups excluding carboxylic acids is 1. The summed E-state index contributed by atoms with van der Waals surface area (Å²) in [4.78, 5) is 11.5. The van der Waals surface area contributed by atoms with Crippen molar-refractivity contribution < 1.29 is 9.53 Å². The van der Waals surface area contributed by atoms with Gasteiger partial charge in [-0.2, -0.15) is 0 Å². The Bertz CT molecular complexity index is 361. The molecule has 2 nitrogen and oxygen atoms in total. The first kappa shape index (κ1) is 13.0. The highest BCUT2D eigenvalue weighted by molar-refractivity contribution is 6.17. The Morgan fingerprint density at radius 3 is 2.75 bits per heavy atom. The quantitative estimate of drug-likeness (QED) is 0.583. The van der Waals surface area contributed by atoms with Crippen LogP contribution in [0.4, 0.5) is 0 Å². The van der Waals surface area contributed by atoms with Gasteiger partial charge in [0.1, 0.15) is 0 Å². The predicted molar refractivity (Wildman–Crippen MR) is 66.2 cm³/mol. The van der Waals surface area contributed by atoms with Crippen LogP contribution in [0.15, 0.2) is 18.2 Å². The molecule has 0 saturated heterocycles. The van der Waals surface area contributed by atoms with Crippen LogP contribution in [-0.4, -0.2) is 18.5 Å². The highest BCUT2D eigenvalue weighted by Crippen LogP contribution is 2.14. The van der Waals surface area contributed by atoms with Crippen molar-refractivity contribution in [2.75, 3.05) is 12.5 Å². The second kappa shape index (κ2) is 6.54. The van der Waals surface area contributed by atoms with Crippen molar-refractivity contribution in [2.45, 2.75) is 26.7 Å². The Morgan fingerprint density at radius 1 is 1.44 bits per heavy atom. The van der Waals surface area contributed by atoms with E-state index >= 15 is 0 Å². The maximum Gasteiger partial charge on any atom is 0.338 e. The number of rotatable bonds is 5. The molecule has 0 fully saturated rings. The van der Waals surface area contributed by atoms with E-state index in [1.807, 2.05) is 25.1 Å². The largest absolute Gasteiger partial charge is 0.462 e. The molecular weight excluding hydrogens is 224 g/mol. The van der Waals surface area contributed by atoms with E-state index in [-0.39, 0.29) is 5.97 Å². The van der Waals surface area contributed by atoms with Crippen molar-refractivity contribution in [3.05, 3.63) is 34.9 Å². The molecule has 0 bridgehead atoms. The molecule has 1 rings (SSSR count). The average molecular weight is 241 g/mol. The molecule has 0 aliphatic heterocycles. The van der Waals surface area contributed by atoms with Gasteiger partial charge in [-0.05, 0) is 49.9 Å². The standard InChI is InChI=1S/C13H17ClO2/c1-3-16-13(15)12-7-6-11(5-4-8-14)10(2)9-12/h6-7,9H,3-5,8H2,1-2H3. The highest BCUT2D eigenvalue weighted by atomic mass is 35.5. The van der Waals surface area contributed by atoms with E-state index in [4.69, 9.17) is 16.3 Å². The number of ether oxygens (including phenoxy) is 1. The summed E-state index contributed by atoms with van der Waals surface area (Å²) in [6.07, 6.45) is 1.92. The van der Waals surface area contributed by atoms with Gasteiger partial charge in [0, 0.05) is 5.88 Å². The normalized spacial score (nSPS) is 10.2. The molecular formula is C13H17ClO2. The van der Waals surface area contributed by atoms with Crippen LogP contribution < -0.4 is 0 Å². The zero-order valence-corrected chi connectivity index (χ0v) is 10.5. The van der Waals surface area contributed by atoms with Crippen molar-refractivity contribution >= 4 is 17.6 Å². The minimum absolute atomic E-state index is 0.255. The molecule has 0 unspecified atom stereocenters. The molecule has 0 radical (unpaired) electrons. The molecule has 3 heteroatoms. The minimum atomic E-state index is -0.255. The third-order valence-corrected chi connectivity index (χ3v) is 2.70. The fourth-order valence-electron chi connectivity index (χ4n) is 1.58. The monoisotopic (exact) mass is 240 g/mol. The van der Waals surface area contributed by atoms with Crippen LogP contribution in [0.25, 0.3) is 0 Å². The van der Waals surface area contributed by atoms with E-state index in [0.717, 1.165) is 18.4 Å². The van der Waals surface area contributed by atoms with Gasteiger partial charge < -0.3 is 4.74 Å². The summed E-state index contributed by atoms with van der Waals surface area (Å²) in [5.41, 5.74) is 2.98. The molecule has 16 heavy (non-hydrogen) atoms. The van der Waals surface area contributed by atoms with Crippen molar-refractivity contribution in [1.29, 1.82) is 0 Å². The summed E-state index contributed by atoms with van der Waals surface area (Å²) in [6, 6.07) is 5.67. The number of esters is 1. The second-order valence-electron chi connectivity index (χ2n) is 3.65. The summed E-state index contributed by atoms with van der Waals surface area (Å²) in [5.74, 6) is 0.411. The van der Waals surface area contributed by atoms with E-state index < -0.39 is 0 Å². The van der Waals surface area contributed by atoms with Crippen molar-refractivity contribution in [3.63, 3.8) is 0 Å². The number of hydrogen-bond acceptors (Lipinski definition) is 2. The third-order valence-electron chi connectivity index (χ3n) is 2.43. The van der Waals surface area contributed by atoms with Crippen LogP contribution in [0.3, 0.4) is 0 Å². The van der Waals surface area contributed by atoms with Gasteiger partial charge in [-0.3, -0.25) is 0 Å². The van der Waals surface area contributed by atoms with Gasteiger partial charge in [0.05, 0.1) is 12.2 Å². The Balaban J connectivity index is 2.78. The molecule has 0 saturated carbocycles.